The standard InChI is InChI=1S/C17H22N2O4/c1-4-18-16(21)13(3)23-17(22)12(2)19-15(20)11-10-14-8-6-5-7-9-14/h5-13H,4H2,1-3H3,(H,18,21)(H,19,20)/b11-10+/t12-,13+/m0/s1. The molecule has 0 unspecified atom stereocenters. The van der Waals surface area contributed by atoms with Gasteiger partial charge in [-0.05, 0) is 32.4 Å². The second-order valence-electron chi connectivity index (χ2n) is 4.95. The third kappa shape index (κ3) is 6.78. The molecule has 0 radical (unpaired) electrons. The first-order valence-corrected chi connectivity index (χ1v) is 7.45. The summed E-state index contributed by atoms with van der Waals surface area (Å²) in [5, 5.41) is 5.05. The van der Waals surface area contributed by atoms with Crippen molar-refractivity contribution in [3.63, 3.8) is 0 Å². The molecular weight excluding hydrogens is 296 g/mol. The normalized spacial score (nSPS) is 13.2. The number of hydrogen-bond acceptors (Lipinski definition) is 4. The summed E-state index contributed by atoms with van der Waals surface area (Å²) in [5.74, 6) is -1.45. The SMILES string of the molecule is CCNC(=O)[C@@H](C)OC(=O)[C@H](C)NC(=O)/C=C/c1ccccc1. The molecule has 0 heterocycles. The molecule has 6 nitrogen and oxygen atoms in total. The first kappa shape index (κ1) is 18.4. The number of rotatable bonds is 7. The zero-order valence-corrected chi connectivity index (χ0v) is 13.5. The Hall–Kier alpha value is -2.63. The van der Waals surface area contributed by atoms with Gasteiger partial charge in [-0.2, -0.15) is 0 Å². The van der Waals surface area contributed by atoms with Gasteiger partial charge in [0.15, 0.2) is 6.10 Å². The lowest BCUT2D eigenvalue weighted by Crippen LogP contribution is -2.43. The Morgan fingerprint density at radius 3 is 2.43 bits per heavy atom. The second kappa shape index (κ2) is 9.40. The van der Waals surface area contributed by atoms with E-state index in [1.54, 1.807) is 13.0 Å². The topological polar surface area (TPSA) is 84.5 Å². The lowest BCUT2D eigenvalue weighted by atomic mass is 10.2. The Morgan fingerprint density at radius 2 is 1.83 bits per heavy atom. The summed E-state index contributed by atoms with van der Waals surface area (Å²) in [6.07, 6.45) is 2.08. The van der Waals surface area contributed by atoms with Crippen molar-refractivity contribution < 1.29 is 19.1 Å². The molecule has 0 saturated carbocycles. The van der Waals surface area contributed by atoms with E-state index in [4.69, 9.17) is 4.74 Å². The van der Waals surface area contributed by atoms with E-state index in [9.17, 15) is 14.4 Å². The van der Waals surface area contributed by atoms with Crippen molar-refractivity contribution in [1.82, 2.24) is 10.6 Å². The Bertz CT molecular complexity index is 569. The van der Waals surface area contributed by atoms with Crippen molar-refractivity contribution >= 4 is 23.9 Å². The van der Waals surface area contributed by atoms with Gasteiger partial charge in [0.1, 0.15) is 6.04 Å². The van der Waals surface area contributed by atoms with E-state index in [-0.39, 0.29) is 5.91 Å². The molecule has 0 aliphatic rings. The van der Waals surface area contributed by atoms with E-state index < -0.39 is 24.0 Å². The van der Waals surface area contributed by atoms with Crippen LogP contribution in [0.1, 0.15) is 26.3 Å². The highest BCUT2D eigenvalue weighted by Crippen LogP contribution is 2.01. The van der Waals surface area contributed by atoms with Gasteiger partial charge in [0.2, 0.25) is 5.91 Å². The van der Waals surface area contributed by atoms with Crippen LogP contribution >= 0.6 is 0 Å². The van der Waals surface area contributed by atoms with Gasteiger partial charge in [-0.25, -0.2) is 4.79 Å². The highest BCUT2D eigenvalue weighted by Gasteiger charge is 2.22. The van der Waals surface area contributed by atoms with Crippen molar-refractivity contribution in [2.75, 3.05) is 6.54 Å². The molecule has 2 amide bonds. The van der Waals surface area contributed by atoms with Crippen molar-refractivity contribution in [3.05, 3.63) is 42.0 Å². The molecule has 0 aliphatic heterocycles. The predicted molar refractivity (Wildman–Crippen MR) is 87.3 cm³/mol. The first-order valence-electron chi connectivity index (χ1n) is 7.45. The minimum Gasteiger partial charge on any atom is -0.451 e. The summed E-state index contributed by atoms with van der Waals surface area (Å²) in [4.78, 5) is 35.1. The van der Waals surface area contributed by atoms with E-state index in [2.05, 4.69) is 10.6 Å². The Morgan fingerprint density at radius 1 is 1.17 bits per heavy atom. The number of carbonyl (C=O) groups is 3. The number of amides is 2. The predicted octanol–water partition coefficient (Wildman–Crippen LogP) is 1.27. The summed E-state index contributed by atoms with van der Waals surface area (Å²) in [6.45, 7) is 5.21. The van der Waals surface area contributed by atoms with Gasteiger partial charge in [-0.3, -0.25) is 9.59 Å². The Labute approximate surface area is 135 Å². The second-order valence-corrected chi connectivity index (χ2v) is 4.95. The summed E-state index contributed by atoms with van der Waals surface area (Å²) in [7, 11) is 0. The summed E-state index contributed by atoms with van der Waals surface area (Å²) in [5.41, 5.74) is 0.878. The molecule has 2 N–H and O–H groups in total. The van der Waals surface area contributed by atoms with Crippen molar-refractivity contribution in [1.29, 1.82) is 0 Å². The maximum atomic E-state index is 11.8. The van der Waals surface area contributed by atoms with Gasteiger partial charge in [0.25, 0.3) is 5.91 Å². The van der Waals surface area contributed by atoms with E-state index in [1.165, 1.54) is 19.9 Å². The van der Waals surface area contributed by atoms with Gasteiger partial charge in [-0.1, -0.05) is 30.3 Å². The van der Waals surface area contributed by atoms with Gasteiger partial charge < -0.3 is 15.4 Å². The average Bonchev–Trinajstić information content (AvgIpc) is 2.54. The van der Waals surface area contributed by atoms with Crippen LogP contribution < -0.4 is 10.6 Å². The van der Waals surface area contributed by atoms with E-state index in [0.29, 0.717) is 6.54 Å². The largest absolute Gasteiger partial charge is 0.451 e. The van der Waals surface area contributed by atoms with Gasteiger partial charge in [0.05, 0.1) is 0 Å². The van der Waals surface area contributed by atoms with E-state index >= 15 is 0 Å². The van der Waals surface area contributed by atoms with Crippen molar-refractivity contribution in [2.24, 2.45) is 0 Å². The number of benzene rings is 1. The highest BCUT2D eigenvalue weighted by atomic mass is 16.5. The lowest BCUT2D eigenvalue weighted by molar-refractivity contribution is -0.156. The van der Waals surface area contributed by atoms with Crippen LogP contribution in [-0.2, 0) is 19.1 Å². The minimum atomic E-state index is -0.901. The Kier molecular flexibility index (Phi) is 7.53. The molecular formula is C17H22N2O4. The van der Waals surface area contributed by atoms with E-state index in [1.807, 2.05) is 30.3 Å². The fourth-order valence-corrected chi connectivity index (χ4v) is 1.70. The number of esters is 1. The van der Waals surface area contributed by atoms with Crippen LogP contribution in [0.3, 0.4) is 0 Å². The summed E-state index contributed by atoms with van der Waals surface area (Å²) in [6, 6.07) is 8.47. The molecule has 0 spiro atoms. The van der Waals surface area contributed by atoms with Crippen LogP contribution in [0.25, 0.3) is 6.08 Å². The van der Waals surface area contributed by atoms with E-state index in [0.717, 1.165) is 5.56 Å². The number of likely N-dealkylation sites (N-methyl/N-ethyl adjacent to an activating group) is 1. The fraction of sp³-hybridized carbons (Fsp3) is 0.353. The highest BCUT2D eigenvalue weighted by molar-refractivity contribution is 5.94. The third-order valence-electron chi connectivity index (χ3n) is 2.95. The zero-order valence-electron chi connectivity index (χ0n) is 13.5. The van der Waals surface area contributed by atoms with Crippen molar-refractivity contribution in [3.8, 4) is 0 Å². The Balaban J connectivity index is 2.46. The van der Waals surface area contributed by atoms with Crippen LogP contribution in [0.15, 0.2) is 36.4 Å². The molecule has 6 heteroatoms. The van der Waals surface area contributed by atoms with Gasteiger partial charge in [0, 0.05) is 12.6 Å². The minimum absolute atomic E-state index is 0.372. The molecule has 2 atom stereocenters. The van der Waals surface area contributed by atoms with Crippen LogP contribution in [-0.4, -0.2) is 36.5 Å². The van der Waals surface area contributed by atoms with Gasteiger partial charge in [-0.15, -0.1) is 0 Å². The molecule has 1 aromatic carbocycles. The number of carbonyl (C=O) groups excluding carboxylic acids is 3. The monoisotopic (exact) mass is 318 g/mol. The molecule has 0 aliphatic carbocycles. The average molecular weight is 318 g/mol. The van der Waals surface area contributed by atoms with Crippen LogP contribution in [0.2, 0.25) is 0 Å². The molecule has 1 aromatic rings. The number of ether oxygens (including phenoxy) is 1. The summed E-state index contributed by atoms with van der Waals surface area (Å²) < 4.78 is 5.00. The lowest BCUT2D eigenvalue weighted by Gasteiger charge is -2.16. The van der Waals surface area contributed by atoms with Crippen LogP contribution in [0.5, 0.6) is 0 Å². The van der Waals surface area contributed by atoms with Crippen LogP contribution in [0.4, 0.5) is 0 Å². The smallest absolute Gasteiger partial charge is 0.329 e. The molecule has 0 bridgehead atoms. The molecule has 0 aromatic heterocycles. The molecule has 0 fully saturated rings. The first-order chi connectivity index (χ1) is 10.9. The van der Waals surface area contributed by atoms with Crippen molar-refractivity contribution in [2.45, 2.75) is 32.9 Å². The summed E-state index contributed by atoms with van der Waals surface area (Å²) >= 11 is 0. The molecule has 1 rings (SSSR count). The maximum absolute atomic E-state index is 11.8. The maximum Gasteiger partial charge on any atom is 0.329 e. The quantitative estimate of drug-likeness (QED) is 0.586. The zero-order chi connectivity index (χ0) is 17.2. The van der Waals surface area contributed by atoms with Crippen LogP contribution in [0, 0.1) is 0 Å². The fourth-order valence-electron chi connectivity index (χ4n) is 1.70. The molecule has 124 valence electrons. The van der Waals surface area contributed by atoms with Gasteiger partial charge >= 0.3 is 5.97 Å². The third-order valence-corrected chi connectivity index (χ3v) is 2.95. The molecule has 23 heavy (non-hydrogen) atoms. The number of nitrogens with one attached hydrogen (secondary N) is 2. The molecule has 0 saturated heterocycles. The number of hydrogen-bond donors (Lipinski definition) is 2.